The van der Waals surface area contributed by atoms with E-state index in [0.717, 1.165) is 70.6 Å². The first-order valence-corrected chi connectivity index (χ1v) is 31.1. The molecular formula is C65H118O6. The number of ether oxygens (including phenoxy) is 3. The molecule has 0 bridgehead atoms. The molecule has 6 nitrogen and oxygen atoms in total. The zero-order valence-corrected chi connectivity index (χ0v) is 47.5. The van der Waals surface area contributed by atoms with Gasteiger partial charge in [-0.25, -0.2) is 0 Å². The number of unbranched alkanes of at least 4 members (excludes halogenated alkanes) is 38. The molecule has 0 aromatic rings. The van der Waals surface area contributed by atoms with Crippen molar-refractivity contribution in [1.82, 2.24) is 0 Å². The summed E-state index contributed by atoms with van der Waals surface area (Å²) < 4.78 is 16.8. The summed E-state index contributed by atoms with van der Waals surface area (Å²) in [7, 11) is 0. The zero-order chi connectivity index (χ0) is 51.4. The van der Waals surface area contributed by atoms with Crippen molar-refractivity contribution in [3.8, 4) is 0 Å². The quantitative estimate of drug-likeness (QED) is 0.0261. The predicted octanol–water partition coefficient (Wildman–Crippen LogP) is 21.0. The average molecular weight is 996 g/mol. The van der Waals surface area contributed by atoms with Gasteiger partial charge in [0.2, 0.25) is 0 Å². The molecule has 0 aliphatic heterocycles. The molecule has 1 unspecified atom stereocenters. The molecule has 0 rings (SSSR count). The van der Waals surface area contributed by atoms with Crippen LogP contribution in [-0.2, 0) is 28.6 Å². The Morgan fingerprint density at radius 1 is 0.282 bits per heavy atom. The van der Waals surface area contributed by atoms with Gasteiger partial charge in [-0.2, -0.15) is 0 Å². The summed E-state index contributed by atoms with van der Waals surface area (Å²) in [6, 6.07) is 0. The molecule has 0 radical (unpaired) electrons. The second kappa shape index (κ2) is 59.9. The third kappa shape index (κ3) is 58.1. The van der Waals surface area contributed by atoms with Gasteiger partial charge in [-0.1, -0.05) is 275 Å². The molecule has 71 heavy (non-hydrogen) atoms. The summed E-state index contributed by atoms with van der Waals surface area (Å²) in [4.78, 5) is 38.0. The van der Waals surface area contributed by atoms with Gasteiger partial charge in [-0.05, 0) is 83.5 Å². The maximum Gasteiger partial charge on any atom is 0.306 e. The Hall–Kier alpha value is -2.63. The largest absolute Gasteiger partial charge is 0.462 e. The van der Waals surface area contributed by atoms with E-state index in [4.69, 9.17) is 14.2 Å². The molecule has 0 aliphatic carbocycles. The fourth-order valence-corrected chi connectivity index (χ4v) is 9.09. The Balaban J connectivity index is 4.09. The highest BCUT2D eigenvalue weighted by Gasteiger charge is 2.19. The SMILES string of the molecule is CCCCC/C=C\C/C=C\CCCCCCCCCCCC(=O)OC(COC(=O)CCCCCCCCC)COC(=O)CCCCCCCCCCCCCCCCC/C=C\C/C=C\CCCCCCC. The lowest BCUT2D eigenvalue weighted by atomic mass is 10.0. The van der Waals surface area contributed by atoms with Crippen LogP contribution >= 0.6 is 0 Å². The van der Waals surface area contributed by atoms with Crippen LogP contribution in [-0.4, -0.2) is 37.2 Å². The third-order valence-corrected chi connectivity index (χ3v) is 13.8. The molecular weight excluding hydrogens is 877 g/mol. The fraction of sp³-hybridized carbons (Fsp3) is 0.831. The van der Waals surface area contributed by atoms with Gasteiger partial charge < -0.3 is 14.2 Å². The van der Waals surface area contributed by atoms with Gasteiger partial charge in [0.05, 0.1) is 0 Å². The molecule has 0 fully saturated rings. The van der Waals surface area contributed by atoms with Gasteiger partial charge in [0.25, 0.3) is 0 Å². The van der Waals surface area contributed by atoms with E-state index in [1.807, 2.05) is 0 Å². The van der Waals surface area contributed by atoms with Gasteiger partial charge in [-0.15, -0.1) is 0 Å². The lowest BCUT2D eigenvalue weighted by Gasteiger charge is -2.18. The fourth-order valence-electron chi connectivity index (χ4n) is 9.09. The van der Waals surface area contributed by atoms with Crippen molar-refractivity contribution < 1.29 is 28.6 Å². The number of hydrogen-bond donors (Lipinski definition) is 0. The molecule has 6 heteroatoms. The van der Waals surface area contributed by atoms with Crippen molar-refractivity contribution in [2.45, 2.75) is 335 Å². The standard InChI is InChI=1S/C65H118O6/c1-4-7-10-13-16-18-20-22-24-26-28-29-30-31-32-33-34-35-37-38-40-42-44-46-49-52-55-58-64(67)70-61-62(60-69-63(66)57-54-51-48-15-12-9-6-3)71-65(68)59-56-53-50-47-45-43-41-39-36-27-25-23-21-19-17-14-11-8-5-2/h17,19-20,22-23,25-26,28,62H,4-16,18,21,24,27,29-61H2,1-3H3/b19-17-,22-20-,25-23-,28-26-. The van der Waals surface area contributed by atoms with Gasteiger partial charge in [0.15, 0.2) is 6.10 Å². The number of carbonyl (C=O) groups excluding carboxylic acids is 3. The Bertz CT molecular complexity index is 1230. The maximum atomic E-state index is 12.8. The van der Waals surface area contributed by atoms with Crippen LogP contribution in [0.3, 0.4) is 0 Å². The van der Waals surface area contributed by atoms with Crippen molar-refractivity contribution in [2.24, 2.45) is 0 Å². The van der Waals surface area contributed by atoms with E-state index in [1.165, 1.54) is 218 Å². The molecule has 0 amide bonds. The first-order chi connectivity index (χ1) is 35.0. The number of rotatable bonds is 57. The average Bonchev–Trinajstić information content (AvgIpc) is 3.37. The topological polar surface area (TPSA) is 78.9 Å². The molecule has 414 valence electrons. The summed E-state index contributed by atoms with van der Waals surface area (Å²) in [5, 5.41) is 0. The molecule has 1 atom stereocenters. The molecule has 0 saturated carbocycles. The van der Waals surface area contributed by atoms with Crippen molar-refractivity contribution in [3.63, 3.8) is 0 Å². The third-order valence-electron chi connectivity index (χ3n) is 13.8. The lowest BCUT2D eigenvalue weighted by molar-refractivity contribution is -0.167. The summed E-state index contributed by atoms with van der Waals surface area (Å²) in [6.07, 6.45) is 74.3. The van der Waals surface area contributed by atoms with Crippen molar-refractivity contribution >= 4 is 17.9 Å². The van der Waals surface area contributed by atoms with Crippen LogP contribution in [0.4, 0.5) is 0 Å². The van der Waals surface area contributed by atoms with E-state index in [9.17, 15) is 14.4 Å². The van der Waals surface area contributed by atoms with Gasteiger partial charge >= 0.3 is 17.9 Å². The first-order valence-electron chi connectivity index (χ1n) is 31.1. The number of esters is 3. The van der Waals surface area contributed by atoms with Crippen molar-refractivity contribution in [3.05, 3.63) is 48.6 Å². The number of allylic oxidation sites excluding steroid dienone is 8. The molecule has 0 saturated heterocycles. The van der Waals surface area contributed by atoms with Crippen LogP contribution in [0.1, 0.15) is 329 Å². The Labute approximate surface area is 441 Å². The Morgan fingerprint density at radius 3 is 0.803 bits per heavy atom. The summed E-state index contributed by atoms with van der Waals surface area (Å²) in [5.74, 6) is -0.867. The zero-order valence-electron chi connectivity index (χ0n) is 47.5. The van der Waals surface area contributed by atoms with Gasteiger partial charge in [0, 0.05) is 19.3 Å². The summed E-state index contributed by atoms with van der Waals surface area (Å²) >= 11 is 0. The van der Waals surface area contributed by atoms with E-state index in [0.29, 0.717) is 19.3 Å². The van der Waals surface area contributed by atoms with Crippen LogP contribution in [0.5, 0.6) is 0 Å². The van der Waals surface area contributed by atoms with E-state index in [2.05, 4.69) is 69.4 Å². The minimum atomic E-state index is -0.771. The van der Waals surface area contributed by atoms with Crippen LogP contribution < -0.4 is 0 Å². The van der Waals surface area contributed by atoms with Crippen LogP contribution in [0.25, 0.3) is 0 Å². The van der Waals surface area contributed by atoms with Crippen LogP contribution in [0.15, 0.2) is 48.6 Å². The molecule has 0 heterocycles. The second-order valence-corrected chi connectivity index (χ2v) is 21.0. The smallest absolute Gasteiger partial charge is 0.306 e. The van der Waals surface area contributed by atoms with Crippen molar-refractivity contribution in [1.29, 1.82) is 0 Å². The molecule has 0 aromatic carbocycles. The van der Waals surface area contributed by atoms with E-state index < -0.39 is 6.10 Å². The maximum absolute atomic E-state index is 12.8. The van der Waals surface area contributed by atoms with Crippen LogP contribution in [0.2, 0.25) is 0 Å². The minimum Gasteiger partial charge on any atom is -0.462 e. The van der Waals surface area contributed by atoms with Crippen LogP contribution in [0, 0.1) is 0 Å². The molecule has 0 spiro atoms. The molecule has 0 aliphatic rings. The minimum absolute atomic E-state index is 0.0717. The molecule has 0 aromatic heterocycles. The predicted molar refractivity (Wildman–Crippen MR) is 307 cm³/mol. The highest BCUT2D eigenvalue weighted by atomic mass is 16.6. The van der Waals surface area contributed by atoms with E-state index in [1.54, 1.807) is 0 Å². The summed E-state index contributed by atoms with van der Waals surface area (Å²) in [5.41, 5.74) is 0. The van der Waals surface area contributed by atoms with Gasteiger partial charge in [0.1, 0.15) is 13.2 Å². The lowest BCUT2D eigenvalue weighted by Crippen LogP contribution is -2.30. The monoisotopic (exact) mass is 995 g/mol. The Kier molecular flexibility index (Phi) is 57.7. The van der Waals surface area contributed by atoms with Crippen molar-refractivity contribution in [2.75, 3.05) is 13.2 Å². The first kappa shape index (κ1) is 68.4. The highest BCUT2D eigenvalue weighted by Crippen LogP contribution is 2.17. The Morgan fingerprint density at radius 2 is 0.507 bits per heavy atom. The summed E-state index contributed by atoms with van der Waals surface area (Å²) in [6.45, 7) is 6.60. The number of carbonyl (C=O) groups is 3. The number of hydrogen-bond acceptors (Lipinski definition) is 6. The van der Waals surface area contributed by atoms with E-state index in [-0.39, 0.29) is 31.1 Å². The highest BCUT2D eigenvalue weighted by molar-refractivity contribution is 5.71. The van der Waals surface area contributed by atoms with Gasteiger partial charge in [-0.3, -0.25) is 14.4 Å². The second-order valence-electron chi connectivity index (χ2n) is 21.0. The molecule has 0 N–H and O–H groups in total. The normalized spacial score (nSPS) is 12.3. The van der Waals surface area contributed by atoms with E-state index >= 15 is 0 Å².